The Hall–Kier alpha value is -2.74. The van der Waals surface area contributed by atoms with Gasteiger partial charge in [-0.15, -0.1) is 11.8 Å². The molecule has 0 unspecified atom stereocenters. The molecule has 0 aliphatic heterocycles. The zero-order chi connectivity index (χ0) is 19.1. The smallest absolute Gasteiger partial charge is 0.341 e. The van der Waals surface area contributed by atoms with Crippen LogP contribution in [0.2, 0.25) is 0 Å². The maximum Gasteiger partial charge on any atom is 0.341 e. The van der Waals surface area contributed by atoms with Gasteiger partial charge in [0.2, 0.25) is 5.88 Å². The number of carbonyl (C=O) groups is 1. The first kappa shape index (κ1) is 19.6. The zero-order valence-corrected chi connectivity index (χ0v) is 16.0. The Kier molecular flexibility index (Phi) is 6.85. The van der Waals surface area contributed by atoms with E-state index in [2.05, 4.69) is 9.97 Å². The largest absolute Gasteiger partial charge is 0.503 e. The fraction of sp³-hybridized carbons (Fsp3) is 0.278. The Labute approximate surface area is 156 Å². The molecular formula is C18H20N2O5S. The van der Waals surface area contributed by atoms with E-state index in [1.807, 2.05) is 6.26 Å². The number of methoxy groups -OCH3 is 3. The molecule has 8 heteroatoms. The van der Waals surface area contributed by atoms with Crippen LogP contribution in [0.4, 0.5) is 0 Å². The number of hydrogen-bond donors (Lipinski definition) is 0. The third-order valence-electron chi connectivity index (χ3n) is 3.31. The molecule has 0 bridgehead atoms. The molecule has 1 aromatic heterocycles. The van der Waals surface area contributed by atoms with Gasteiger partial charge in [0, 0.05) is 6.07 Å². The number of thioether (sulfide) groups is 1. The fourth-order valence-electron chi connectivity index (χ4n) is 2.19. The molecule has 2 aromatic rings. The second-order valence-corrected chi connectivity index (χ2v) is 5.80. The van der Waals surface area contributed by atoms with Crippen LogP contribution in [0.25, 0.3) is 5.57 Å². The maximum atomic E-state index is 12.2. The van der Waals surface area contributed by atoms with Gasteiger partial charge in [-0.1, -0.05) is 6.07 Å². The molecule has 0 amide bonds. The highest BCUT2D eigenvalue weighted by Gasteiger charge is 2.25. The molecule has 0 spiro atoms. The van der Waals surface area contributed by atoms with E-state index in [-0.39, 0.29) is 11.5 Å². The summed E-state index contributed by atoms with van der Waals surface area (Å²) in [5.74, 6) is 1.31. The Bertz CT molecular complexity index is 823. The molecule has 1 aromatic carbocycles. The summed E-state index contributed by atoms with van der Waals surface area (Å²) in [6.45, 7) is 1.75. The van der Waals surface area contributed by atoms with Crippen molar-refractivity contribution in [2.75, 3.05) is 27.6 Å². The lowest BCUT2D eigenvalue weighted by atomic mass is 10.1. The highest BCUT2D eigenvalue weighted by Crippen LogP contribution is 2.36. The Balaban J connectivity index is 2.62. The summed E-state index contributed by atoms with van der Waals surface area (Å²) >= 11 is 1.36. The van der Waals surface area contributed by atoms with Gasteiger partial charge >= 0.3 is 5.97 Å². The first-order chi connectivity index (χ1) is 12.5. The minimum atomic E-state index is -0.579. The predicted molar refractivity (Wildman–Crippen MR) is 98.6 cm³/mol. The van der Waals surface area contributed by atoms with Gasteiger partial charge in [0.1, 0.15) is 27.9 Å². The lowest BCUT2D eigenvalue weighted by molar-refractivity contribution is -0.133. The fourth-order valence-corrected chi connectivity index (χ4v) is 2.81. The lowest BCUT2D eigenvalue weighted by Crippen LogP contribution is -2.10. The molecule has 0 N–H and O–H groups in total. The molecule has 0 aliphatic rings. The van der Waals surface area contributed by atoms with Crippen molar-refractivity contribution in [1.29, 1.82) is 0 Å². The van der Waals surface area contributed by atoms with Gasteiger partial charge in [0.05, 0.1) is 33.2 Å². The summed E-state index contributed by atoms with van der Waals surface area (Å²) in [5, 5.41) is 0.573. The molecule has 0 fully saturated rings. The van der Waals surface area contributed by atoms with Crippen molar-refractivity contribution < 1.29 is 23.7 Å². The van der Waals surface area contributed by atoms with Crippen LogP contribution in [0.5, 0.6) is 17.4 Å². The van der Waals surface area contributed by atoms with Crippen LogP contribution in [0, 0.1) is 6.92 Å². The molecule has 0 saturated heterocycles. The van der Waals surface area contributed by atoms with Gasteiger partial charge in [0.15, 0.2) is 0 Å². The average Bonchev–Trinajstić information content (AvgIpc) is 2.65. The van der Waals surface area contributed by atoms with Gasteiger partial charge in [-0.3, -0.25) is 0 Å². The second-order valence-electron chi connectivity index (χ2n) is 5.00. The van der Waals surface area contributed by atoms with Crippen LogP contribution in [0.1, 0.15) is 11.4 Å². The molecule has 0 saturated carbocycles. The minimum Gasteiger partial charge on any atom is -0.503 e. The van der Waals surface area contributed by atoms with E-state index in [1.54, 1.807) is 38.3 Å². The summed E-state index contributed by atoms with van der Waals surface area (Å²) in [4.78, 5) is 21.0. The van der Waals surface area contributed by atoms with Crippen LogP contribution in [0.3, 0.4) is 0 Å². The highest BCUT2D eigenvalue weighted by atomic mass is 32.2. The molecule has 1 heterocycles. The molecule has 26 heavy (non-hydrogen) atoms. The predicted octanol–water partition coefficient (Wildman–Crippen LogP) is 3.47. The first-order valence-corrected chi connectivity index (χ1v) is 8.82. The number of hydrogen-bond acceptors (Lipinski definition) is 8. The van der Waals surface area contributed by atoms with Gasteiger partial charge in [-0.2, -0.15) is 4.98 Å². The maximum absolute atomic E-state index is 12.2. The van der Waals surface area contributed by atoms with Crippen molar-refractivity contribution in [2.45, 2.75) is 11.9 Å². The number of rotatable bonds is 7. The van der Waals surface area contributed by atoms with E-state index in [9.17, 15) is 4.79 Å². The zero-order valence-electron chi connectivity index (χ0n) is 15.2. The second kappa shape index (κ2) is 9.10. The van der Waals surface area contributed by atoms with Crippen LogP contribution >= 0.6 is 11.8 Å². The van der Waals surface area contributed by atoms with Crippen molar-refractivity contribution in [2.24, 2.45) is 0 Å². The van der Waals surface area contributed by atoms with Crippen molar-refractivity contribution >= 4 is 23.3 Å². The van der Waals surface area contributed by atoms with Gasteiger partial charge in [0.25, 0.3) is 0 Å². The monoisotopic (exact) mass is 376 g/mol. The van der Waals surface area contributed by atoms with E-state index in [1.165, 1.54) is 32.2 Å². The van der Waals surface area contributed by atoms with Gasteiger partial charge in [-0.05, 0) is 25.3 Å². The number of nitrogens with zero attached hydrogens (tertiary/aromatic N) is 2. The number of carbonyl (C=O) groups excluding carboxylic acids is 1. The number of ether oxygens (including phenoxy) is 4. The number of aromatic nitrogens is 2. The SMILES string of the molecule is CO/C=C(/C(=O)OC)c1c(Oc2cccc(OC)c2)nc(C)nc1SC. The molecular weight excluding hydrogens is 356 g/mol. The normalized spacial score (nSPS) is 11.0. The van der Waals surface area contributed by atoms with Crippen molar-refractivity contribution in [3.8, 4) is 17.4 Å². The Morgan fingerprint density at radius 2 is 1.88 bits per heavy atom. The molecule has 0 atom stereocenters. The van der Waals surface area contributed by atoms with E-state index in [0.29, 0.717) is 27.9 Å². The van der Waals surface area contributed by atoms with E-state index in [4.69, 9.17) is 18.9 Å². The van der Waals surface area contributed by atoms with Crippen molar-refractivity contribution in [1.82, 2.24) is 9.97 Å². The lowest BCUT2D eigenvalue weighted by Gasteiger charge is -2.15. The average molecular weight is 376 g/mol. The van der Waals surface area contributed by atoms with Crippen LogP contribution in [-0.4, -0.2) is 43.5 Å². The molecule has 138 valence electrons. The van der Waals surface area contributed by atoms with E-state index < -0.39 is 5.97 Å². The number of benzene rings is 1. The van der Waals surface area contributed by atoms with E-state index in [0.717, 1.165) is 0 Å². The van der Waals surface area contributed by atoms with Crippen LogP contribution in [-0.2, 0) is 14.3 Å². The Morgan fingerprint density at radius 3 is 2.50 bits per heavy atom. The summed E-state index contributed by atoms with van der Waals surface area (Å²) in [6, 6.07) is 7.08. The van der Waals surface area contributed by atoms with Crippen LogP contribution < -0.4 is 9.47 Å². The summed E-state index contributed by atoms with van der Waals surface area (Å²) in [7, 11) is 4.31. The van der Waals surface area contributed by atoms with Crippen molar-refractivity contribution in [3.05, 3.63) is 41.9 Å². The topological polar surface area (TPSA) is 79.8 Å². The summed E-state index contributed by atoms with van der Waals surface area (Å²) in [5.41, 5.74) is 0.567. The number of aryl methyl sites for hydroxylation is 1. The Morgan fingerprint density at radius 1 is 1.15 bits per heavy atom. The van der Waals surface area contributed by atoms with Gasteiger partial charge in [-0.25, -0.2) is 9.78 Å². The third kappa shape index (κ3) is 4.45. The van der Waals surface area contributed by atoms with Gasteiger partial charge < -0.3 is 18.9 Å². The minimum absolute atomic E-state index is 0.164. The van der Waals surface area contributed by atoms with E-state index >= 15 is 0 Å². The summed E-state index contributed by atoms with van der Waals surface area (Å²) < 4.78 is 21.1. The first-order valence-electron chi connectivity index (χ1n) is 7.60. The molecule has 0 radical (unpaired) electrons. The molecule has 2 rings (SSSR count). The molecule has 0 aliphatic carbocycles. The highest BCUT2D eigenvalue weighted by molar-refractivity contribution is 7.98. The molecule has 7 nitrogen and oxygen atoms in total. The summed E-state index contributed by atoms with van der Waals surface area (Å²) in [6.07, 6.45) is 3.14. The van der Waals surface area contributed by atoms with Crippen LogP contribution in [0.15, 0.2) is 35.6 Å². The quantitative estimate of drug-likeness (QED) is 0.239. The standard InChI is InChI=1S/C18H20N2O5S/c1-11-19-16(25-13-8-6-7-12(9-13)23-3)15(17(20-11)26-5)14(10-22-2)18(21)24-4/h6-10H,1-5H3/b14-10+. The van der Waals surface area contributed by atoms with Crippen molar-refractivity contribution in [3.63, 3.8) is 0 Å². The third-order valence-corrected chi connectivity index (χ3v) is 4.00. The number of esters is 1.